The van der Waals surface area contributed by atoms with Gasteiger partial charge in [0.2, 0.25) is 6.29 Å². The topological polar surface area (TPSA) is 275 Å². The van der Waals surface area contributed by atoms with E-state index in [1.54, 1.807) is 0 Å². The minimum atomic E-state index is -1.84. The van der Waals surface area contributed by atoms with Crippen LogP contribution in [0.15, 0.2) is 12.2 Å². The summed E-state index contributed by atoms with van der Waals surface area (Å²) in [6.45, 7) is 18.5. The van der Waals surface area contributed by atoms with E-state index in [-0.39, 0.29) is 45.5 Å². The van der Waals surface area contributed by atoms with Crippen LogP contribution >= 0.6 is 0 Å². The van der Waals surface area contributed by atoms with Crippen LogP contribution in [0.3, 0.4) is 0 Å². The maximum absolute atomic E-state index is 15.0. The van der Waals surface area contributed by atoms with Crippen LogP contribution < -0.4 is 0 Å². The predicted molar refractivity (Wildman–Crippen MR) is 229 cm³/mol. The number of carbonyl (C=O) groups is 1. The van der Waals surface area contributed by atoms with Crippen LogP contribution in [-0.2, 0) is 33.2 Å². The standard InChI is InChI=1S/C48H78O17/c1-21(2)23-11-16-48(18-17-46(7)24(30(23)48)9-10-28-45(6)14-13-29(50)44(4,5)27(45)12-15-47(28,46)8)43(59)65-42-37(57)34(54)32(52)26(63-42)20-60-40-38(58)35(55)39(25(19-49)62-40)64-41-36(56)33(53)31(51)22(3)61-41/h22-42,49-58H,1,9-20H2,2-8H3/t22-,23-,24+,25+,26+,27-,28+,29+,30-,31-,32+,33+,34-,35-,36+,37+,38+,39+,40+,41-,42-,45-,46+,47+,48-/m0/s1. The smallest absolute Gasteiger partial charge is 0.314 e. The fraction of sp³-hybridized carbons (Fsp3) is 0.938. The molecule has 5 aliphatic carbocycles. The molecule has 3 saturated heterocycles. The maximum Gasteiger partial charge on any atom is 0.314 e. The van der Waals surface area contributed by atoms with Crippen LogP contribution in [0.5, 0.6) is 0 Å². The molecule has 17 heteroatoms. The van der Waals surface area contributed by atoms with Crippen molar-refractivity contribution in [2.75, 3.05) is 13.2 Å². The summed E-state index contributed by atoms with van der Waals surface area (Å²) in [5.74, 6) is 0.544. The fourth-order valence-corrected chi connectivity index (χ4v) is 15.7. The number of ether oxygens (including phenoxy) is 6. The van der Waals surface area contributed by atoms with Gasteiger partial charge < -0.3 is 79.5 Å². The van der Waals surface area contributed by atoms with E-state index >= 15 is 0 Å². The van der Waals surface area contributed by atoms with E-state index in [1.807, 2.05) is 6.92 Å². The Labute approximate surface area is 382 Å². The number of aliphatic hydroxyl groups is 10. The summed E-state index contributed by atoms with van der Waals surface area (Å²) in [4.78, 5) is 15.0. The number of aliphatic hydroxyl groups excluding tert-OH is 10. The quantitative estimate of drug-likeness (QED) is 0.114. The van der Waals surface area contributed by atoms with Crippen LogP contribution in [0.1, 0.15) is 113 Å². The number of hydrogen-bond donors (Lipinski definition) is 10. The van der Waals surface area contributed by atoms with Crippen LogP contribution in [0, 0.1) is 56.7 Å². The van der Waals surface area contributed by atoms with E-state index in [1.165, 1.54) is 6.92 Å². The second-order valence-corrected chi connectivity index (χ2v) is 23.0. The van der Waals surface area contributed by atoms with Crippen molar-refractivity contribution in [1.82, 2.24) is 0 Å². The molecule has 8 fully saturated rings. The molecule has 65 heavy (non-hydrogen) atoms. The van der Waals surface area contributed by atoms with Crippen LogP contribution in [0.4, 0.5) is 0 Å². The zero-order valence-corrected chi connectivity index (χ0v) is 39.1. The Morgan fingerprint density at radius 1 is 0.646 bits per heavy atom. The molecular weight excluding hydrogens is 849 g/mol. The van der Waals surface area contributed by atoms with Gasteiger partial charge in [0.25, 0.3) is 0 Å². The normalized spacial score (nSPS) is 55.2. The van der Waals surface area contributed by atoms with Crippen LogP contribution in [0.25, 0.3) is 0 Å². The Kier molecular flexibility index (Phi) is 13.7. The van der Waals surface area contributed by atoms with Crippen molar-refractivity contribution >= 4 is 5.97 Å². The molecule has 0 unspecified atom stereocenters. The highest BCUT2D eigenvalue weighted by atomic mass is 16.8. The summed E-state index contributed by atoms with van der Waals surface area (Å²) in [6.07, 6.45) is -15.7. The Morgan fingerprint density at radius 3 is 1.97 bits per heavy atom. The Morgan fingerprint density at radius 2 is 1.29 bits per heavy atom. The van der Waals surface area contributed by atoms with Gasteiger partial charge in [0, 0.05) is 0 Å². The molecule has 0 aromatic rings. The van der Waals surface area contributed by atoms with Gasteiger partial charge in [0.1, 0.15) is 67.1 Å². The first-order chi connectivity index (χ1) is 30.4. The first kappa shape index (κ1) is 50.0. The second-order valence-electron chi connectivity index (χ2n) is 23.0. The summed E-state index contributed by atoms with van der Waals surface area (Å²) in [5, 5.41) is 108. The second kappa shape index (κ2) is 17.8. The summed E-state index contributed by atoms with van der Waals surface area (Å²) < 4.78 is 34.8. The lowest BCUT2D eigenvalue weighted by atomic mass is 9.32. The van der Waals surface area contributed by atoms with Gasteiger partial charge in [-0.2, -0.15) is 0 Å². The van der Waals surface area contributed by atoms with E-state index in [0.717, 1.165) is 56.9 Å². The third-order valence-electron chi connectivity index (χ3n) is 19.7. The van der Waals surface area contributed by atoms with Gasteiger partial charge in [0.05, 0.1) is 30.8 Å². The highest BCUT2D eigenvalue weighted by Gasteiger charge is 2.72. The highest BCUT2D eigenvalue weighted by Crippen LogP contribution is 2.77. The number of carbonyl (C=O) groups excluding carboxylic acids is 1. The number of allylic oxidation sites excluding steroid dienone is 1. The predicted octanol–water partition coefficient (Wildman–Crippen LogP) is 1.02. The Hall–Kier alpha value is -1.39. The number of fused-ring (bicyclic) bond motifs is 7. The third kappa shape index (κ3) is 7.72. The van der Waals surface area contributed by atoms with Crippen molar-refractivity contribution in [2.45, 2.75) is 211 Å². The lowest BCUT2D eigenvalue weighted by Gasteiger charge is -2.72. The molecule has 8 rings (SSSR count). The molecule has 0 amide bonds. The van der Waals surface area contributed by atoms with Crippen molar-refractivity contribution in [1.29, 1.82) is 0 Å². The molecule has 0 aromatic carbocycles. The molecule has 5 saturated carbocycles. The summed E-state index contributed by atoms with van der Waals surface area (Å²) in [5.41, 5.74) is -0.0485. The first-order valence-corrected chi connectivity index (χ1v) is 24.2. The van der Waals surface area contributed by atoms with E-state index in [4.69, 9.17) is 28.4 Å². The Balaban J connectivity index is 0.962. The largest absolute Gasteiger partial charge is 0.432 e. The van der Waals surface area contributed by atoms with Crippen molar-refractivity contribution in [3.63, 3.8) is 0 Å². The van der Waals surface area contributed by atoms with Gasteiger partial charge in [-0.25, -0.2) is 0 Å². The lowest BCUT2D eigenvalue weighted by Crippen LogP contribution is -2.67. The van der Waals surface area contributed by atoms with Crippen molar-refractivity contribution in [3.8, 4) is 0 Å². The maximum atomic E-state index is 15.0. The summed E-state index contributed by atoms with van der Waals surface area (Å²) >= 11 is 0. The van der Waals surface area contributed by atoms with Crippen LogP contribution in [0.2, 0.25) is 0 Å². The fourth-order valence-electron chi connectivity index (χ4n) is 15.7. The molecule has 0 bridgehead atoms. The zero-order chi connectivity index (χ0) is 47.5. The van der Waals surface area contributed by atoms with Gasteiger partial charge in [-0.05, 0) is 129 Å². The average Bonchev–Trinajstić information content (AvgIpc) is 3.67. The molecule has 0 radical (unpaired) electrons. The van der Waals surface area contributed by atoms with E-state index < -0.39 is 117 Å². The molecule has 0 aromatic heterocycles. The number of rotatable bonds is 9. The highest BCUT2D eigenvalue weighted by molar-refractivity contribution is 5.78. The minimum Gasteiger partial charge on any atom is -0.432 e. The zero-order valence-electron chi connectivity index (χ0n) is 39.1. The monoisotopic (exact) mass is 927 g/mol. The molecule has 17 nitrogen and oxygen atoms in total. The van der Waals surface area contributed by atoms with Crippen molar-refractivity contribution in [2.24, 2.45) is 56.7 Å². The molecule has 25 atom stereocenters. The molecule has 372 valence electrons. The SMILES string of the molecule is C=C(C)[C@@H]1CC[C@]2(C(=O)O[C@@H]3O[C@H](CO[C@@H]4O[C@H](CO)[C@@H](O[C@@H]5O[C@@H](C)[C@H](O)[C@@H](O)[C@H]5O)[C@@H](O)[C@H]4O)[C@@H](O)[C@H](O)[C@H]3O)CC[C@]3(C)[C@H](CC[C@@H]4[C@@]5(C)CC[C@@H](O)C(C)(C)[C@@H]5CC[C@]43C)[C@H]12. The summed E-state index contributed by atoms with van der Waals surface area (Å²) in [7, 11) is 0. The lowest BCUT2D eigenvalue weighted by molar-refractivity contribution is -0.361. The van der Waals surface area contributed by atoms with Gasteiger partial charge in [-0.15, -0.1) is 0 Å². The Bertz CT molecular complexity index is 1750. The summed E-state index contributed by atoms with van der Waals surface area (Å²) in [6, 6.07) is 0. The van der Waals surface area contributed by atoms with E-state index in [2.05, 4.69) is 41.2 Å². The first-order valence-electron chi connectivity index (χ1n) is 24.2. The number of esters is 1. The molecule has 0 spiro atoms. The minimum absolute atomic E-state index is 0.00379. The van der Waals surface area contributed by atoms with Gasteiger partial charge in [-0.1, -0.05) is 46.8 Å². The molecule has 10 N–H and O–H groups in total. The van der Waals surface area contributed by atoms with E-state index in [0.29, 0.717) is 24.7 Å². The molecule has 3 aliphatic heterocycles. The molecular formula is C48H78O17. The molecule has 3 heterocycles. The molecule has 8 aliphatic rings. The van der Waals surface area contributed by atoms with Gasteiger partial charge in [0.15, 0.2) is 12.6 Å². The van der Waals surface area contributed by atoms with E-state index in [9.17, 15) is 55.9 Å². The average molecular weight is 927 g/mol. The van der Waals surface area contributed by atoms with Gasteiger partial charge in [-0.3, -0.25) is 4.79 Å². The van der Waals surface area contributed by atoms with Crippen LogP contribution in [-0.4, -0.2) is 168 Å². The van der Waals surface area contributed by atoms with Gasteiger partial charge >= 0.3 is 5.97 Å². The van der Waals surface area contributed by atoms with Crippen molar-refractivity contribution < 1.29 is 84.3 Å². The third-order valence-corrected chi connectivity index (χ3v) is 19.7. The number of hydrogen-bond acceptors (Lipinski definition) is 17. The van der Waals surface area contributed by atoms with Crippen molar-refractivity contribution in [3.05, 3.63) is 12.2 Å².